The Morgan fingerprint density at radius 2 is 2.07 bits per heavy atom. The third-order valence-corrected chi connectivity index (χ3v) is 6.91. The summed E-state index contributed by atoms with van der Waals surface area (Å²) in [6, 6.07) is 3.92. The Hall–Kier alpha value is -5.07. The van der Waals surface area contributed by atoms with Crippen molar-refractivity contribution in [3.05, 3.63) is 81.2 Å². The first-order valence-corrected chi connectivity index (χ1v) is 14.3. The molecule has 13 heteroatoms. The van der Waals surface area contributed by atoms with Gasteiger partial charge in [-0.2, -0.15) is 0 Å². The van der Waals surface area contributed by atoms with Crippen molar-refractivity contribution in [3.8, 4) is 0 Å². The van der Waals surface area contributed by atoms with Crippen LogP contribution in [0.4, 0.5) is 15.9 Å². The standard InChI is InChI=1S/C22H30N6O2.C9H8FN3O/c1-4-5-6-15(10-16-12-25-19(23)9-14(16)2)11-27-21(29)18-7-8-20-26-13-17(24-3)22(30)28(18)20;1-6(5-14)13-9(11)8-7(10)3-2-4-12-8/h9-10,12-13,18,24H,4-8,11H2,1-3H3,(H2,23,25)(H,27,29);2-5,11H,1H3/b15-10+;. The number of halogens is 1. The van der Waals surface area contributed by atoms with Crippen molar-refractivity contribution in [2.75, 3.05) is 24.6 Å². The summed E-state index contributed by atoms with van der Waals surface area (Å²) in [4.78, 5) is 51.5. The van der Waals surface area contributed by atoms with Gasteiger partial charge in [0.15, 0.2) is 17.9 Å². The molecule has 1 aliphatic heterocycles. The van der Waals surface area contributed by atoms with Crippen LogP contribution < -0.4 is 21.9 Å². The number of aldehydes is 1. The molecule has 232 valence electrons. The summed E-state index contributed by atoms with van der Waals surface area (Å²) >= 11 is 0. The minimum atomic E-state index is -0.625. The molecule has 3 aromatic heterocycles. The monoisotopic (exact) mass is 603 g/mol. The van der Waals surface area contributed by atoms with Crippen molar-refractivity contribution in [2.45, 2.75) is 58.9 Å². The molecule has 3 aromatic rings. The molecular formula is C31H38FN9O3. The van der Waals surface area contributed by atoms with E-state index in [4.69, 9.17) is 11.1 Å². The first-order chi connectivity index (χ1) is 21.1. The average molecular weight is 604 g/mol. The topological polar surface area (TPSA) is 181 Å². The number of aliphatic imine (C=N–C) groups is 1. The summed E-state index contributed by atoms with van der Waals surface area (Å²) in [7, 11) is 1.67. The second-order valence-electron chi connectivity index (χ2n) is 10.2. The highest BCUT2D eigenvalue weighted by Crippen LogP contribution is 2.23. The largest absolute Gasteiger partial charge is 0.384 e. The highest BCUT2D eigenvalue weighted by Gasteiger charge is 2.30. The van der Waals surface area contributed by atoms with E-state index < -0.39 is 11.9 Å². The molecule has 0 fully saturated rings. The van der Waals surface area contributed by atoms with Crippen molar-refractivity contribution in [1.82, 2.24) is 24.8 Å². The summed E-state index contributed by atoms with van der Waals surface area (Å²) in [6.07, 6.45) is 11.4. The third-order valence-electron chi connectivity index (χ3n) is 6.91. The van der Waals surface area contributed by atoms with Gasteiger partial charge in [-0.15, -0.1) is 0 Å². The number of nitrogens with two attached hydrogens (primary N) is 1. The molecule has 1 atom stereocenters. The van der Waals surface area contributed by atoms with Crippen LogP contribution in [0.3, 0.4) is 0 Å². The molecule has 0 aromatic carbocycles. The number of fused-ring (bicyclic) bond motifs is 1. The number of aromatic nitrogens is 4. The number of carbonyl (C=O) groups excluding carboxylic acids is 2. The molecular weight excluding hydrogens is 565 g/mol. The predicted octanol–water partition coefficient (Wildman–Crippen LogP) is 3.65. The van der Waals surface area contributed by atoms with Gasteiger partial charge in [-0.25, -0.2) is 24.3 Å². The second-order valence-corrected chi connectivity index (χ2v) is 10.2. The molecule has 1 aliphatic rings. The summed E-state index contributed by atoms with van der Waals surface area (Å²) in [5.74, 6) is 0.0190. The maximum Gasteiger partial charge on any atom is 0.277 e. The highest BCUT2D eigenvalue weighted by molar-refractivity contribution is 6.30. The van der Waals surface area contributed by atoms with Gasteiger partial charge in [0.05, 0.1) is 11.9 Å². The van der Waals surface area contributed by atoms with Gasteiger partial charge in [-0.05, 0) is 62.4 Å². The third kappa shape index (κ3) is 8.72. The Morgan fingerprint density at radius 1 is 1.30 bits per heavy atom. The van der Waals surface area contributed by atoms with E-state index >= 15 is 0 Å². The van der Waals surface area contributed by atoms with E-state index in [1.54, 1.807) is 13.2 Å². The molecule has 0 aliphatic carbocycles. The zero-order valence-electron chi connectivity index (χ0n) is 25.4. The van der Waals surface area contributed by atoms with E-state index in [9.17, 15) is 18.8 Å². The van der Waals surface area contributed by atoms with Crippen LogP contribution in [-0.2, 0) is 16.0 Å². The van der Waals surface area contributed by atoms with E-state index in [1.807, 2.05) is 13.0 Å². The Balaban J connectivity index is 0.000000317. The van der Waals surface area contributed by atoms with Crippen LogP contribution in [0.5, 0.6) is 0 Å². The summed E-state index contributed by atoms with van der Waals surface area (Å²) in [5, 5.41) is 13.2. The molecule has 4 heterocycles. The first-order valence-electron chi connectivity index (χ1n) is 14.3. The van der Waals surface area contributed by atoms with Crippen LogP contribution in [-0.4, -0.2) is 56.9 Å². The molecule has 0 bridgehead atoms. The number of pyridine rings is 2. The number of nitrogens with zero attached hydrogens (tertiary/aromatic N) is 5. The fourth-order valence-electron chi connectivity index (χ4n) is 4.53. The van der Waals surface area contributed by atoms with Crippen molar-refractivity contribution >= 4 is 41.3 Å². The number of hydrogen-bond acceptors (Lipinski definition) is 9. The number of anilines is 2. The van der Waals surface area contributed by atoms with Crippen molar-refractivity contribution in [1.29, 1.82) is 5.41 Å². The summed E-state index contributed by atoms with van der Waals surface area (Å²) in [6.45, 7) is 6.00. The van der Waals surface area contributed by atoms with Gasteiger partial charge in [0.25, 0.3) is 5.56 Å². The van der Waals surface area contributed by atoms with Gasteiger partial charge in [-0.1, -0.05) is 25.0 Å². The fraction of sp³-hybridized carbons (Fsp3) is 0.355. The molecule has 5 N–H and O–H groups in total. The van der Waals surface area contributed by atoms with E-state index in [1.165, 1.54) is 36.0 Å². The lowest BCUT2D eigenvalue weighted by Gasteiger charge is -2.16. The van der Waals surface area contributed by atoms with Gasteiger partial charge >= 0.3 is 0 Å². The second kappa shape index (κ2) is 16.0. The van der Waals surface area contributed by atoms with E-state index in [2.05, 4.69) is 43.6 Å². The molecule has 12 nitrogen and oxygen atoms in total. The number of aryl methyl sites for hydroxylation is 2. The fourth-order valence-corrected chi connectivity index (χ4v) is 4.53. The van der Waals surface area contributed by atoms with Crippen molar-refractivity contribution < 1.29 is 14.0 Å². The van der Waals surface area contributed by atoms with Gasteiger partial charge in [0, 0.05) is 32.4 Å². The lowest BCUT2D eigenvalue weighted by atomic mass is 10.0. The zero-order valence-corrected chi connectivity index (χ0v) is 25.4. The van der Waals surface area contributed by atoms with E-state index in [-0.39, 0.29) is 28.7 Å². The number of hydrogen-bond donors (Lipinski definition) is 4. The van der Waals surface area contributed by atoms with Crippen LogP contribution >= 0.6 is 0 Å². The number of amides is 1. The number of amidine groups is 1. The Labute approximate surface area is 255 Å². The SMILES string of the molecule is CC(C=O)=NC(=N)c1ncccc1F.CCCC/C(=C\c1cnc(N)cc1C)CNC(=O)C1CCc2ncc(NC)c(=O)n21. The van der Waals surface area contributed by atoms with Gasteiger partial charge < -0.3 is 16.4 Å². The average Bonchev–Trinajstić information content (AvgIpc) is 3.45. The van der Waals surface area contributed by atoms with Crippen LogP contribution in [0.2, 0.25) is 0 Å². The minimum absolute atomic E-state index is 0.111. The van der Waals surface area contributed by atoms with Gasteiger partial charge in [-0.3, -0.25) is 24.4 Å². The van der Waals surface area contributed by atoms with Crippen LogP contribution in [0.15, 0.2) is 52.1 Å². The lowest BCUT2D eigenvalue weighted by molar-refractivity contribution is -0.124. The number of rotatable bonds is 10. The first kappa shape index (κ1) is 33.4. The zero-order chi connectivity index (χ0) is 32.2. The molecule has 1 unspecified atom stereocenters. The molecule has 44 heavy (non-hydrogen) atoms. The van der Waals surface area contributed by atoms with Crippen molar-refractivity contribution in [2.24, 2.45) is 4.99 Å². The number of nitrogens with one attached hydrogen (secondary N) is 3. The lowest BCUT2D eigenvalue weighted by Crippen LogP contribution is -2.37. The van der Waals surface area contributed by atoms with Crippen LogP contribution in [0.1, 0.15) is 68.2 Å². The van der Waals surface area contributed by atoms with Gasteiger partial charge in [0.2, 0.25) is 5.91 Å². The van der Waals surface area contributed by atoms with Crippen LogP contribution in [0, 0.1) is 18.2 Å². The predicted molar refractivity (Wildman–Crippen MR) is 169 cm³/mol. The Bertz CT molecular complexity index is 1630. The molecule has 0 spiro atoms. The number of nitrogen functional groups attached to an aromatic ring is 1. The smallest absolute Gasteiger partial charge is 0.277 e. The molecule has 1 amide bonds. The summed E-state index contributed by atoms with van der Waals surface area (Å²) < 4.78 is 14.6. The Kier molecular flexibility index (Phi) is 12.1. The van der Waals surface area contributed by atoms with Crippen molar-refractivity contribution in [3.63, 3.8) is 0 Å². The highest BCUT2D eigenvalue weighted by atomic mass is 19.1. The van der Waals surface area contributed by atoms with Crippen LogP contribution in [0.25, 0.3) is 6.08 Å². The number of carbonyl (C=O) groups is 2. The van der Waals surface area contributed by atoms with E-state index in [0.29, 0.717) is 43.0 Å². The molecule has 0 saturated carbocycles. The molecule has 0 saturated heterocycles. The summed E-state index contributed by atoms with van der Waals surface area (Å²) in [5.41, 5.74) is 9.06. The quantitative estimate of drug-likeness (QED) is 0.154. The normalized spacial score (nSPS) is 14.2. The van der Waals surface area contributed by atoms with Gasteiger partial charge in [0.1, 0.15) is 29.1 Å². The number of unbranched alkanes of at least 4 members (excludes halogenated alkanes) is 1. The maximum absolute atomic E-state index is 13.0. The van der Waals surface area contributed by atoms with E-state index in [0.717, 1.165) is 36.0 Å². The minimum Gasteiger partial charge on any atom is -0.384 e. The Morgan fingerprint density at radius 3 is 2.73 bits per heavy atom. The molecule has 4 rings (SSSR count). The maximum atomic E-state index is 13.0. The molecule has 0 radical (unpaired) electrons.